The Labute approximate surface area is 134 Å². The van der Waals surface area contributed by atoms with Crippen molar-refractivity contribution in [1.82, 2.24) is 4.57 Å². The van der Waals surface area contributed by atoms with Gasteiger partial charge in [0, 0.05) is 34.2 Å². The van der Waals surface area contributed by atoms with E-state index >= 15 is 0 Å². The highest BCUT2D eigenvalue weighted by Gasteiger charge is 2.12. The smallest absolute Gasteiger partial charge is 0.159 e. The molecule has 4 aromatic rings. The molecule has 0 spiro atoms. The molecule has 0 saturated carbocycles. The van der Waals surface area contributed by atoms with Crippen molar-refractivity contribution in [2.45, 2.75) is 6.92 Å². The van der Waals surface area contributed by atoms with Gasteiger partial charge in [-0.25, -0.2) is 0 Å². The van der Waals surface area contributed by atoms with Crippen LogP contribution in [-0.4, -0.2) is 10.4 Å². The van der Waals surface area contributed by atoms with Crippen molar-refractivity contribution in [1.29, 1.82) is 0 Å². The number of hydrogen-bond donors (Lipinski definition) is 0. The Hall–Kier alpha value is -2.87. The summed E-state index contributed by atoms with van der Waals surface area (Å²) >= 11 is 0. The Morgan fingerprint density at radius 2 is 1.65 bits per heavy atom. The number of Topliss-reactive ketones (excluding diaryl/α,β-unsaturated/α-hetero) is 1. The van der Waals surface area contributed by atoms with E-state index in [9.17, 15) is 4.79 Å². The highest BCUT2D eigenvalue weighted by atomic mass is 16.1. The van der Waals surface area contributed by atoms with E-state index in [1.54, 1.807) is 6.92 Å². The summed E-state index contributed by atoms with van der Waals surface area (Å²) in [5.41, 5.74) is 4.25. The summed E-state index contributed by atoms with van der Waals surface area (Å²) in [6.45, 7) is 5.79. The maximum Gasteiger partial charge on any atom is 0.159 e. The van der Waals surface area contributed by atoms with Gasteiger partial charge in [-0.15, -0.1) is 0 Å². The second-order valence-corrected chi connectivity index (χ2v) is 6.00. The van der Waals surface area contributed by atoms with Crippen molar-refractivity contribution in [2.24, 2.45) is 7.05 Å². The molecule has 23 heavy (non-hydrogen) atoms. The zero-order valence-corrected chi connectivity index (χ0v) is 13.3. The lowest BCUT2D eigenvalue weighted by Crippen LogP contribution is -2.09. The van der Waals surface area contributed by atoms with Gasteiger partial charge in [-0.1, -0.05) is 55.1 Å². The molecule has 0 N–H and O–H groups in total. The van der Waals surface area contributed by atoms with Crippen molar-refractivity contribution >= 4 is 34.0 Å². The van der Waals surface area contributed by atoms with Gasteiger partial charge in [0.05, 0.1) is 0 Å². The van der Waals surface area contributed by atoms with E-state index < -0.39 is 0 Å². The van der Waals surface area contributed by atoms with Crippen LogP contribution in [0.3, 0.4) is 0 Å². The van der Waals surface area contributed by atoms with Crippen molar-refractivity contribution in [2.75, 3.05) is 0 Å². The number of nitrogens with zero attached hydrogens (tertiary/aromatic N) is 1. The molecule has 0 unspecified atom stereocenters. The molecule has 0 amide bonds. The molecule has 0 bridgehead atoms. The molecule has 0 aliphatic heterocycles. The number of hydrogen-bond acceptors (Lipinski definition) is 1. The van der Waals surface area contributed by atoms with Gasteiger partial charge in [0.2, 0.25) is 0 Å². The number of ketones is 1. The van der Waals surface area contributed by atoms with Crippen LogP contribution < -0.4 is 5.35 Å². The third kappa shape index (κ3) is 1.92. The van der Waals surface area contributed by atoms with Gasteiger partial charge in [0.25, 0.3) is 0 Å². The van der Waals surface area contributed by atoms with Gasteiger partial charge in [0.15, 0.2) is 5.78 Å². The Morgan fingerprint density at radius 3 is 2.35 bits per heavy atom. The molecule has 0 saturated heterocycles. The number of rotatable bonds is 2. The zero-order chi connectivity index (χ0) is 16.1. The second kappa shape index (κ2) is 4.82. The van der Waals surface area contributed by atoms with Gasteiger partial charge < -0.3 is 4.57 Å². The first-order valence-electron chi connectivity index (χ1n) is 7.68. The van der Waals surface area contributed by atoms with Crippen LogP contribution in [0.25, 0.3) is 39.4 Å². The van der Waals surface area contributed by atoms with Gasteiger partial charge in [0.1, 0.15) is 0 Å². The van der Waals surface area contributed by atoms with Crippen LogP contribution in [0.1, 0.15) is 17.3 Å². The number of aromatic nitrogens is 1. The third-order valence-corrected chi connectivity index (χ3v) is 4.70. The maximum atomic E-state index is 11.5. The minimum Gasteiger partial charge on any atom is -0.344 e. The van der Waals surface area contributed by atoms with E-state index in [4.69, 9.17) is 0 Å². The lowest BCUT2D eigenvalue weighted by molar-refractivity contribution is 0.101. The first-order valence-corrected chi connectivity index (χ1v) is 7.68. The average Bonchev–Trinajstić information content (AvgIpc) is 2.82. The number of benzene rings is 3. The summed E-state index contributed by atoms with van der Waals surface area (Å²) in [6, 6.07) is 18.5. The zero-order valence-electron chi connectivity index (χ0n) is 13.3. The number of carbonyl (C=O) groups is 1. The van der Waals surface area contributed by atoms with E-state index in [0.29, 0.717) is 0 Å². The summed E-state index contributed by atoms with van der Waals surface area (Å²) < 4.78 is 2.14. The minimum atomic E-state index is 0.0925. The second-order valence-electron chi connectivity index (χ2n) is 6.00. The summed E-state index contributed by atoms with van der Waals surface area (Å²) in [5, 5.41) is 4.71. The fourth-order valence-electron chi connectivity index (χ4n) is 3.37. The predicted molar refractivity (Wildman–Crippen MR) is 96.6 cm³/mol. The van der Waals surface area contributed by atoms with Crippen LogP contribution in [0, 0.1) is 0 Å². The quantitative estimate of drug-likeness (QED) is 0.505. The summed E-state index contributed by atoms with van der Waals surface area (Å²) in [4.78, 5) is 11.5. The molecule has 0 aliphatic rings. The van der Waals surface area contributed by atoms with Crippen LogP contribution in [0.4, 0.5) is 0 Å². The highest BCUT2D eigenvalue weighted by Crippen LogP contribution is 2.34. The predicted octanol–water partition coefficient (Wildman–Crippen LogP) is 4.33. The lowest BCUT2D eigenvalue weighted by atomic mass is 9.96. The van der Waals surface area contributed by atoms with E-state index in [1.165, 1.54) is 27.2 Å². The largest absolute Gasteiger partial charge is 0.344 e. The van der Waals surface area contributed by atoms with Gasteiger partial charge in [-0.3, -0.25) is 4.79 Å². The molecule has 1 heterocycles. The van der Waals surface area contributed by atoms with Crippen molar-refractivity contribution in [3.8, 4) is 11.1 Å². The van der Waals surface area contributed by atoms with Crippen LogP contribution in [0.5, 0.6) is 0 Å². The Bertz CT molecular complexity index is 1100. The molecule has 3 aromatic carbocycles. The van der Waals surface area contributed by atoms with Crippen molar-refractivity contribution in [3.05, 3.63) is 65.5 Å². The Morgan fingerprint density at radius 1 is 0.957 bits per heavy atom. The van der Waals surface area contributed by atoms with Gasteiger partial charge in [-0.05, 0) is 29.5 Å². The van der Waals surface area contributed by atoms with Gasteiger partial charge >= 0.3 is 0 Å². The first kappa shape index (κ1) is 13.8. The monoisotopic (exact) mass is 299 g/mol. The molecule has 1 aromatic heterocycles. The van der Waals surface area contributed by atoms with Crippen LogP contribution in [0.2, 0.25) is 0 Å². The van der Waals surface area contributed by atoms with E-state index in [1.807, 2.05) is 24.3 Å². The van der Waals surface area contributed by atoms with Crippen molar-refractivity contribution < 1.29 is 4.79 Å². The number of aryl methyl sites for hydroxylation is 1. The van der Waals surface area contributed by atoms with E-state index in [2.05, 4.69) is 48.5 Å². The highest BCUT2D eigenvalue weighted by molar-refractivity contribution is 6.15. The van der Waals surface area contributed by atoms with Crippen LogP contribution in [0.15, 0.2) is 54.6 Å². The third-order valence-electron chi connectivity index (χ3n) is 4.70. The number of carbonyl (C=O) groups excluding carboxylic acids is 1. The molecule has 0 fully saturated rings. The maximum absolute atomic E-state index is 11.5. The molecule has 112 valence electrons. The fraction of sp³-hybridized carbons (Fsp3) is 0.0952. The van der Waals surface area contributed by atoms with Crippen LogP contribution in [-0.2, 0) is 7.05 Å². The normalized spacial score (nSPS) is 11.4. The standard InChI is InChI=1S/C21H17NO/c1-13-17-5-4-6-19-18(11-12-20(21(17)19)22(13)3)16-9-7-15(8-10-16)14(2)23/h4-12H,1H2,2-3H3. The molecule has 0 radical (unpaired) electrons. The molecule has 0 aliphatic carbocycles. The summed E-state index contributed by atoms with van der Waals surface area (Å²) in [6.07, 6.45) is 0. The summed E-state index contributed by atoms with van der Waals surface area (Å²) in [5.74, 6) is 0.0925. The van der Waals surface area contributed by atoms with E-state index in [0.717, 1.165) is 16.5 Å². The van der Waals surface area contributed by atoms with Crippen molar-refractivity contribution in [3.63, 3.8) is 0 Å². The van der Waals surface area contributed by atoms with Crippen LogP contribution >= 0.6 is 0 Å². The minimum absolute atomic E-state index is 0.0925. The molecular formula is C21H17NO. The lowest BCUT2D eigenvalue weighted by Gasteiger charge is -2.08. The molecule has 0 atom stereocenters. The fourth-order valence-corrected chi connectivity index (χ4v) is 3.37. The van der Waals surface area contributed by atoms with E-state index in [-0.39, 0.29) is 5.78 Å². The SMILES string of the molecule is C=c1c2cccc3c(-c4ccc(C(C)=O)cc4)ccc(c32)n1C. The molecule has 2 nitrogen and oxygen atoms in total. The Balaban J connectivity index is 2.03. The molecular weight excluding hydrogens is 282 g/mol. The topological polar surface area (TPSA) is 22.0 Å². The Kier molecular flexibility index (Phi) is 2.88. The summed E-state index contributed by atoms with van der Waals surface area (Å²) in [7, 11) is 2.05. The molecule has 2 heteroatoms. The van der Waals surface area contributed by atoms with Gasteiger partial charge in [-0.2, -0.15) is 0 Å². The molecule has 4 rings (SSSR count). The average molecular weight is 299 g/mol. The first-order chi connectivity index (χ1) is 11.1.